The molecule has 0 aromatic carbocycles. The molecule has 5 nitrogen and oxygen atoms in total. The summed E-state index contributed by atoms with van der Waals surface area (Å²) >= 11 is 0. The van der Waals surface area contributed by atoms with E-state index in [1.54, 1.807) is 0 Å². The summed E-state index contributed by atoms with van der Waals surface area (Å²) in [7, 11) is 1.91. The monoisotopic (exact) mass is 499 g/mol. The molecular weight excluding hydrogens is 438 g/mol. The lowest BCUT2D eigenvalue weighted by Crippen LogP contribution is -2.31. The molecule has 0 bridgehead atoms. The lowest BCUT2D eigenvalue weighted by atomic mass is 9.94. The van der Waals surface area contributed by atoms with Crippen LogP contribution in [0.25, 0.3) is 0 Å². The molecule has 0 radical (unpaired) electrons. The van der Waals surface area contributed by atoms with Crippen LogP contribution in [0.4, 0.5) is 0 Å². The normalized spacial score (nSPS) is 12.5. The number of rotatable bonds is 27. The molecule has 0 fully saturated rings. The molecule has 0 aromatic heterocycles. The summed E-state index contributed by atoms with van der Waals surface area (Å²) in [4.78, 5) is 14.2. The summed E-state index contributed by atoms with van der Waals surface area (Å²) in [5, 5.41) is 19.0. The third-order valence-corrected chi connectivity index (χ3v) is 7.08. The van der Waals surface area contributed by atoms with Gasteiger partial charge in [-0.3, -0.25) is 4.79 Å². The Morgan fingerprint density at radius 3 is 1.77 bits per heavy atom. The first kappa shape index (κ1) is 34.4. The number of aliphatic hydroxyl groups excluding tert-OH is 2. The first-order valence-electron chi connectivity index (χ1n) is 15.2. The minimum absolute atomic E-state index is 0.0356. The Morgan fingerprint density at radius 2 is 1.23 bits per heavy atom. The van der Waals surface area contributed by atoms with E-state index in [1.165, 1.54) is 89.9 Å². The Bertz CT molecular complexity index is 430. The van der Waals surface area contributed by atoms with Crippen molar-refractivity contribution in [2.45, 2.75) is 148 Å². The molecule has 1 unspecified atom stereocenters. The zero-order chi connectivity index (χ0) is 26.0. The minimum atomic E-state index is -0.341. The number of aliphatic hydroxyl groups is 2. The second-order valence-electron chi connectivity index (χ2n) is 10.8. The van der Waals surface area contributed by atoms with Crippen LogP contribution in [0.5, 0.6) is 0 Å². The van der Waals surface area contributed by atoms with Crippen LogP contribution in [0.15, 0.2) is 0 Å². The van der Waals surface area contributed by atoms with Crippen molar-refractivity contribution >= 4 is 5.97 Å². The number of ether oxygens (including phenoxy) is 1. The van der Waals surface area contributed by atoms with Crippen LogP contribution < -0.4 is 0 Å². The van der Waals surface area contributed by atoms with Gasteiger partial charge in [0.25, 0.3) is 0 Å². The summed E-state index contributed by atoms with van der Waals surface area (Å²) in [5.74, 6) is 0.494. The van der Waals surface area contributed by atoms with Crippen LogP contribution in [-0.2, 0) is 9.53 Å². The lowest BCUT2D eigenvalue weighted by Gasteiger charge is -2.19. The zero-order valence-corrected chi connectivity index (χ0v) is 23.8. The third kappa shape index (κ3) is 24.8. The molecule has 0 aromatic rings. The Hall–Kier alpha value is -0.650. The first-order valence-corrected chi connectivity index (χ1v) is 15.2. The van der Waals surface area contributed by atoms with Crippen LogP contribution in [0.2, 0.25) is 0 Å². The molecule has 2 N–H and O–H groups in total. The first-order chi connectivity index (χ1) is 17.0. The van der Waals surface area contributed by atoms with Gasteiger partial charge in [0.15, 0.2) is 0 Å². The number of nitrogens with zero attached hydrogens (tertiary/aromatic N) is 1. The van der Waals surface area contributed by atoms with Gasteiger partial charge in [0, 0.05) is 19.5 Å². The average Bonchev–Trinajstić information content (AvgIpc) is 2.83. The highest BCUT2D eigenvalue weighted by Gasteiger charge is 2.13. The summed E-state index contributed by atoms with van der Waals surface area (Å²) in [6, 6.07) is 0. The van der Waals surface area contributed by atoms with Crippen molar-refractivity contribution < 1.29 is 19.7 Å². The maximum atomic E-state index is 12.3. The van der Waals surface area contributed by atoms with Gasteiger partial charge in [-0.2, -0.15) is 0 Å². The predicted octanol–water partition coefficient (Wildman–Crippen LogP) is 7.27. The van der Waals surface area contributed by atoms with Gasteiger partial charge in [-0.15, -0.1) is 0 Å². The second-order valence-corrected chi connectivity index (χ2v) is 10.8. The van der Waals surface area contributed by atoms with E-state index < -0.39 is 0 Å². The van der Waals surface area contributed by atoms with Crippen molar-refractivity contribution in [3.63, 3.8) is 0 Å². The van der Waals surface area contributed by atoms with Gasteiger partial charge in [0.05, 0.1) is 19.3 Å². The fourth-order valence-electron chi connectivity index (χ4n) is 4.74. The number of hydrogen-bond donors (Lipinski definition) is 2. The van der Waals surface area contributed by atoms with Gasteiger partial charge >= 0.3 is 5.97 Å². The van der Waals surface area contributed by atoms with Crippen LogP contribution in [0, 0.1) is 5.92 Å². The van der Waals surface area contributed by atoms with Gasteiger partial charge in [0.2, 0.25) is 0 Å². The number of carbonyl (C=O) groups is 1. The van der Waals surface area contributed by atoms with Crippen molar-refractivity contribution in [1.29, 1.82) is 0 Å². The molecule has 0 aliphatic heterocycles. The summed E-state index contributed by atoms with van der Waals surface area (Å²) in [6.45, 7) is 6.45. The number of carbonyl (C=O) groups excluding carboxylic acids is 1. The van der Waals surface area contributed by atoms with E-state index in [0.717, 1.165) is 32.1 Å². The predicted molar refractivity (Wildman–Crippen MR) is 149 cm³/mol. The van der Waals surface area contributed by atoms with E-state index in [-0.39, 0.29) is 18.7 Å². The molecule has 1 atom stereocenters. The van der Waals surface area contributed by atoms with Crippen molar-refractivity contribution in [1.82, 2.24) is 4.90 Å². The number of hydrogen-bond acceptors (Lipinski definition) is 5. The third-order valence-electron chi connectivity index (χ3n) is 7.08. The Morgan fingerprint density at radius 1 is 0.743 bits per heavy atom. The van der Waals surface area contributed by atoms with Crippen LogP contribution in [0.1, 0.15) is 142 Å². The molecule has 0 rings (SSSR count). The van der Waals surface area contributed by atoms with E-state index in [4.69, 9.17) is 9.84 Å². The molecule has 210 valence electrons. The maximum absolute atomic E-state index is 12.3. The van der Waals surface area contributed by atoms with Crippen LogP contribution >= 0.6 is 0 Å². The SMILES string of the molecule is CCCCCCCCC(CCCCCCCC)COC(=O)CCCCCCC(O)CN(C)CCO. The summed E-state index contributed by atoms with van der Waals surface area (Å²) < 4.78 is 5.70. The van der Waals surface area contributed by atoms with Crippen LogP contribution in [-0.4, -0.2) is 60.5 Å². The maximum Gasteiger partial charge on any atom is 0.305 e. The number of unbranched alkanes of at least 4 members (excludes halogenated alkanes) is 13. The molecule has 0 amide bonds. The van der Waals surface area contributed by atoms with Gasteiger partial charge in [-0.25, -0.2) is 0 Å². The smallest absolute Gasteiger partial charge is 0.305 e. The highest BCUT2D eigenvalue weighted by atomic mass is 16.5. The molecule has 35 heavy (non-hydrogen) atoms. The molecule has 5 heteroatoms. The second kappa shape index (κ2) is 26.4. The highest BCUT2D eigenvalue weighted by Crippen LogP contribution is 2.20. The molecule has 0 aliphatic carbocycles. The molecule has 0 saturated carbocycles. The van der Waals surface area contributed by atoms with Crippen molar-refractivity contribution in [3.05, 3.63) is 0 Å². The van der Waals surface area contributed by atoms with E-state index >= 15 is 0 Å². The van der Waals surface area contributed by atoms with Crippen LogP contribution in [0.3, 0.4) is 0 Å². The average molecular weight is 500 g/mol. The van der Waals surface area contributed by atoms with E-state index in [0.29, 0.717) is 32.0 Å². The molecule has 0 aliphatic rings. The number of likely N-dealkylation sites (N-methyl/N-ethyl adjacent to an activating group) is 1. The molecule has 0 saturated heterocycles. The standard InChI is InChI=1S/C30H61NO4/c1-4-6-8-10-12-16-20-28(21-17-13-11-9-7-5-2)27-35-30(34)23-19-15-14-18-22-29(33)26-31(3)24-25-32/h28-29,32-33H,4-27H2,1-3H3. The lowest BCUT2D eigenvalue weighted by molar-refractivity contribution is -0.145. The van der Waals surface area contributed by atoms with Gasteiger partial charge in [-0.1, -0.05) is 110 Å². The quantitative estimate of drug-likeness (QED) is 0.0918. The Kier molecular flexibility index (Phi) is 25.9. The van der Waals surface area contributed by atoms with Gasteiger partial charge in [-0.05, 0) is 38.6 Å². The van der Waals surface area contributed by atoms with E-state index in [9.17, 15) is 9.90 Å². The van der Waals surface area contributed by atoms with Gasteiger partial charge < -0.3 is 19.8 Å². The largest absolute Gasteiger partial charge is 0.465 e. The van der Waals surface area contributed by atoms with Crippen molar-refractivity contribution in [3.8, 4) is 0 Å². The fraction of sp³-hybridized carbons (Fsp3) is 0.967. The summed E-state index contributed by atoms with van der Waals surface area (Å²) in [5.41, 5.74) is 0. The summed E-state index contributed by atoms with van der Waals surface area (Å²) in [6.07, 6.45) is 23.1. The van der Waals surface area contributed by atoms with E-state index in [1.807, 2.05) is 11.9 Å². The molecule has 0 spiro atoms. The van der Waals surface area contributed by atoms with Crippen molar-refractivity contribution in [2.75, 3.05) is 33.4 Å². The van der Waals surface area contributed by atoms with Gasteiger partial charge in [0.1, 0.15) is 0 Å². The van der Waals surface area contributed by atoms with Crippen molar-refractivity contribution in [2.24, 2.45) is 5.92 Å². The molecular formula is C30H61NO4. The topological polar surface area (TPSA) is 70.0 Å². The Labute approximate surface area is 218 Å². The van der Waals surface area contributed by atoms with E-state index in [2.05, 4.69) is 13.8 Å². The Balaban J connectivity index is 3.99. The fourth-order valence-corrected chi connectivity index (χ4v) is 4.74. The number of esters is 1. The minimum Gasteiger partial charge on any atom is -0.465 e. The molecule has 0 heterocycles. The highest BCUT2D eigenvalue weighted by molar-refractivity contribution is 5.69. The zero-order valence-electron chi connectivity index (χ0n) is 23.8.